The fourth-order valence-electron chi connectivity index (χ4n) is 5.69. The number of anilines is 1. The topological polar surface area (TPSA) is 134 Å². The van der Waals surface area contributed by atoms with Crippen LogP contribution in [0.4, 0.5) is 5.69 Å². The van der Waals surface area contributed by atoms with Gasteiger partial charge in [0.1, 0.15) is 18.7 Å². The average molecular weight is 728 g/mol. The highest BCUT2D eigenvalue weighted by Crippen LogP contribution is 2.35. The fraction of sp³-hybridized carbons (Fsp3) is 0.528. The Morgan fingerprint density at radius 2 is 1.73 bits per heavy atom. The number of nitrogens with zero attached hydrogens (tertiary/aromatic N) is 3. The molecule has 0 radical (unpaired) electrons. The minimum atomic E-state index is -1.29. The van der Waals surface area contributed by atoms with Gasteiger partial charge in [0.2, 0.25) is 18.0 Å². The molecule has 49 heavy (non-hydrogen) atoms. The summed E-state index contributed by atoms with van der Waals surface area (Å²) >= 11 is 1.57. The predicted molar refractivity (Wildman–Crippen MR) is 203 cm³/mol. The number of amides is 3. The van der Waals surface area contributed by atoms with Crippen molar-refractivity contribution < 1.29 is 23.9 Å². The van der Waals surface area contributed by atoms with Crippen molar-refractivity contribution in [3.63, 3.8) is 0 Å². The number of thioether (sulfide) groups is 1. The average Bonchev–Trinajstić information content (AvgIpc) is 3.20. The van der Waals surface area contributed by atoms with E-state index >= 15 is 0 Å². The molecule has 2 unspecified atom stereocenters. The smallest absolute Gasteiger partial charge is 0.328 e. The molecule has 266 valence electrons. The lowest BCUT2D eigenvalue weighted by Crippen LogP contribution is -2.55. The van der Waals surface area contributed by atoms with E-state index < -0.39 is 41.9 Å². The second kappa shape index (κ2) is 18.3. The van der Waals surface area contributed by atoms with Gasteiger partial charge in [0.15, 0.2) is 0 Å². The zero-order valence-corrected chi connectivity index (χ0v) is 31.5. The largest absolute Gasteiger partial charge is 0.461 e. The Morgan fingerprint density at radius 1 is 1.06 bits per heavy atom. The molecule has 3 N–H and O–H groups in total. The fourth-order valence-corrected chi connectivity index (χ4v) is 8.58. The molecule has 2 aromatic carbocycles. The molecule has 1 fully saturated rings. The Balaban J connectivity index is 1.63. The number of benzene rings is 2. The van der Waals surface area contributed by atoms with E-state index in [2.05, 4.69) is 26.1 Å². The van der Waals surface area contributed by atoms with Crippen LogP contribution < -0.4 is 16.0 Å². The summed E-state index contributed by atoms with van der Waals surface area (Å²) in [6, 6.07) is 14.9. The lowest BCUT2D eigenvalue weighted by atomic mass is 9.98. The monoisotopic (exact) mass is 727 g/mol. The van der Waals surface area contributed by atoms with E-state index in [4.69, 9.17) is 15.5 Å². The van der Waals surface area contributed by atoms with Gasteiger partial charge in [-0.2, -0.15) is 11.8 Å². The van der Waals surface area contributed by atoms with E-state index in [9.17, 15) is 19.2 Å². The van der Waals surface area contributed by atoms with Gasteiger partial charge in [-0.05, 0) is 50.2 Å². The van der Waals surface area contributed by atoms with Crippen LogP contribution in [0.2, 0.25) is 0 Å². The van der Waals surface area contributed by atoms with E-state index in [0.717, 1.165) is 37.7 Å². The number of benzodiazepines with no additional fused rings is 1. The second-order valence-electron chi connectivity index (χ2n) is 13.3. The number of fused-ring (bicyclic) bond motifs is 1. The quantitative estimate of drug-likeness (QED) is 0.197. The maximum atomic E-state index is 14.5. The molecule has 2 aliphatic rings. The Kier molecular flexibility index (Phi) is 14.5. The summed E-state index contributed by atoms with van der Waals surface area (Å²) in [7, 11) is 4.66. The Morgan fingerprint density at radius 3 is 2.41 bits per heavy atom. The molecule has 2 aromatic rings. The first-order chi connectivity index (χ1) is 23.4. The summed E-state index contributed by atoms with van der Waals surface area (Å²) in [5.41, 5.74) is 8.74. The number of aliphatic imine (C=N–C) groups is 1. The molecule has 1 heterocycles. The Bertz CT molecular complexity index is 1480. The van der Waals surface area contributed by atoms with Crippen molar-refractivity contribution in [2.24, 2.45) is 10.7 Å². The third-order valence-electron chi connectivity index (χ3n) is 8.19. The van der Waals surface area contributed by atoms with Crippen LogP contribution in [-0.2, 0) is 23.9 Å². The van der Waals surface area contributed by atoms with Crippen molar-refractivity contribution in [2.45, 2.75) is 88.4 Å². The first kappa shape index (κ1) is 38.8. The number of nitrogens with two attached hydrogens (primary N) is 1. The van der Waals surface area contributed by atoms with Gasteiger partial charge < -0.3 is 20.7 Å². The number of hydrogen-bond donors (Lipinski definition) is 2. The van der Waals surface area contributed by atoms with Crippen LogP contribution in [-0.4, -0.2) is 94.8 Å². The van der Waals surface area contributed by atoms with E-state index in [0.29, 0.717) is 34.9 Å². The van der Waals surface area contributed by atoms with Crippen molar-refractivity contribution in [2.75, 3.05) is 36.3 Å². The number of para-hydroxylation sites is 1. The van der Waals surface area contributed by atoms with Crippen LogP contribution in [0.1, 0.15) is 70.4 Å². The molecule has 1 aliphatic heterocycles. The summed E-state index contributed by atoms with van der Waals surface area (Å²) in [5, 5.41) is 2.86. The highest BCUT2D eigenvalue weighted by molar-refractivity contribution is 8.77. The molecule has 0 bridgehead atoms. The lowest BCUT2D eigenvalue weighted by molar-refractivity contribution is -0.154. The van der Waals surface area contributed by atoms with Crippen molar-refractivity contribution in [1.82, 2.24) is 10.2 Å². The first-order valence-electron chi connectivity index (χ1n) is 16.7. The summed E-state index contributed by atoms with van der Waals surface area (Å²) < 4.78 is 5.81. The molecule has 0 spiro atoms. The van der Waals surface area contributed by atoms with Gasteiger partial charge in [-0.1, -0.05) is 97.3 Å². The van der Waals surface area contributed by atoms with Gasteiger partial charge >= 0.3 is 5.97 Å². The minimum Gasteiger partial charge on any atom is -0.461 e. The molecule has 4 rings (SSSR count). The molecule has 0 aromatic heterocycles. The highest BCUT2D eigenvalue weighted by atomic mass is 33.1. The molecular formula is C36H49N5O5S3. The first-order valence-corrected chi connectivity index (χ1v) is 20.5. The molecule has 1 aliphatic carbocycles. The van der Waals surface area contributed by atoms with E-state index in [1.165, 1.54) is 27.6 Å². The zero-order chi connectivity index (χ0) is 35.6. The van der Waals surface area contributed by atoms with Crippen LogP contribution in [0, 0.1) is 0 Å². The van der Waals surface area contributed by atoms with Gasteiger partial charge in [-0.15, -0.1) is 0 Å². The van der Waals surface area contributed by atoms with Crippen LogP contribution in [0.3, 0.4) is 0 Å². The number of esters is 1. The summed E-state index contributed by atoms with van der Waals surface area (Å²) in [5.74, 6) is -0.966. The minimum absolute atomic E-state index is 0.0146. The van der Waals surface area contributed by atoms with Crippen molar-refractivity contribution in [1.29, 1.82) is 0 Å². The lowest BCUT2D eigenvalue weighted by Gasteiger charge is -2.31. The second-order valence-corrected chi connectivity index (χ2v) is 17.4. The van der Waals surface area contributed by atoms with Gasteiger partial charge in [-0.3, -0.25) is 19.3 Å². The summed E-state index contributed by atoms with van der Waals surface area (Å²) in [6.07, 6.45) is 5.70. The standard InChI is InChI=1S/C36H49N5O5S3/c1-36(2,3)49-48-23-27(37)33(43)40(4)32-34(44)41(29-19-13-12-18-26(29)31(39-32)24-14-8-6-9-15-24)22-30(42)38-28(20-21-47-5)35(45)46-25-16-10-7-11-17-25/h6,8-9,12-15,18-19,25,27-28,32H,7,10-11,16-17,20-23,37H2,1-5H3,(H,38,42)/t27?,28-,32?/m0/s1. The Hall–Kier alpha value is -3.00. The third kappa shape index (κ3) is 11.0. The number of likely N-dealkylation sites (N-methyl/N-ethyl adjacent to an activating group) is 1. The van der Waals surface area contributed by atoms with Crippen LogP contribution >= 0.6 is 33.3 Å². The third-order valence-corrected chi connectivity index (χ3v) is 12.2. The number of hydrogen-bond acceptors (Lipinski definition) is 10. The maximum Gasteiger partial charge on any atom is 0.328 e. The maximum absolute atomic E-state index is 14.5. The molecule has 3 atom stereocenters. The number of carbonyl (C=O) groups excluding carboxylic acids is 4. The Labute approximate surface area is 302 Å². The van der Waals surface area contributed by atoms with Crippen molar-refractivity contribution >= 4 is 68.4 Å². The molecule has 0 saturated heterocycles. The van der Waals surface area contributed by atoms with Gasteiger partial charge in [-0.25, -0.2) is 9.79 Å². The van der Waals surface area contributed by atoms with E-state index in [1.807, 2.05) is 48.7 Å². The van der Waals surface area contributed by atoms with Gasteiger partial charge in [0.05, 0.1) is 17.4 Å². The number of carbonyl (C=O) groups is 4. The normalized spacial score (nSPS) is 18.1. The number of ether oxygens (including phenoxy) is 1. The predicted octanol–water partition coefficient (Wildman–Crippen LogP) is 5.28. The molecule has 3 amide bonds. The van der Waals surface area contributed by atoms with E-state index in [-0.39, 0.29) is 17.4 Å². The SMILES string of the molecule is CSCC[C@H](NC(=O)CN1C(=O)C(N(C)C(=O)C(N)CSSC(C)(C)C)N=C(c2ccccc2)c2ccccc21)C(=O)OC1CCCCC1. The summed E-state index contributed by atoms with van der Waals surface area (Å²) in [6.45, 7) is 5.87. The van der Waals surface area contributed by atoms with Gasteiger partial charge in [0.25, 0.3) is 5.91 Å². The molecule has 13 heteroatoms. The van der Waals surface area contributed by atoms with E-state index in [1.54, 1.807) is 34.7 Å². The number of nitrogens with one attached hydrogen (secondary N) is 1. The van der Waals surface area contributed by atoms with Crippen LogP contribution in [0.15, 0.2) is 59.6 Å². The summed E-state index contributed by atoms with van der Waals surface area (Å²) in [4.78, 5) is 62.7. The van der Waals surface area contributed by atoms with Crippen molar-refractivity contribution in [3.8, 4) is 0 Å². The van der Waals surface area contributed by atoms with Crippen molar-refractivity contribution in [3.05, 3.63) is 65.7 Å². The van der Waals surface area contributed by atoms with Crippen LogP contribution in [0.5, 0.6) is 0 Å². The molecule has 10 nitrogen and oxygen atoms in total. The van der Waals surface area contributed by atoms with Gasteiger partial charge in [0, 0.05) is 28.7 Å². The van der Waals surface area contributed by atoms with Crippen LogP contribution in [0.25, 0.3) is 0 Å². The highest BCUT2D eigenvalue weighted by Gasteiger charge is 2.38. The number of rotatable bonds is 14. The zero-order valence-electron chi connectivity index (χ0n) is 29.1. The molecule has 1 saturated carbocycles. The molecular weight excluding hydrogens is 679 g/mol.